The average Bonchev–Trinajstić information content (AvgIpc) is 3.31. The molecule has 0 saturated carbocycles. The zero-order valence-electron chi connectivity index (χ0n) is 18.5. The Morgan fingerprint density at radius 1 is 1.12 bits per heavy atom. The zero-order chi connectivity index (χ0) is 23.1. The summed E-state index contributed by atoms with van der Waals surface area (Å²) in [5.41, 5.74) is 11.0. The number of nitrogens with zero attached hydrogens (tertiary/aromatic N) is 2. The molecule has 0 amide bonds. The highest BCUT2D eigenvalue weighted by Crippen LogP contribution is 2.48. The first kappa shape index (κ1) is 20.7. The van der Waals surface area contributed by atoms with Gasteiger partial charge in [0.05, 0.1) is 37.5 Å². The highest BCUT2D eigenvalue weighted by molar-refractivity contribution is 6.01. The monoisotopic (exact) mass is 440 g/mol. The normalized spacial score (nSPS) is 18.4. The Morgan fingerprint density at radius 2 is 1.97 bits per heavy atom. The third-order valence-electron chi connectivity index (χ3n) is 6.45. The maximum absolute atomic E-state index is 13.3. The molecule has 0 saturated heterocycles. The summed E-state index contributed by atoms with van der Waals surface area (Å²) in [7, 11) is 3.16. The van der Waals surface area contributed by atoms with Gasteiger partial charge in [0.25, 0.3) is 0 Å². The second-order valence-electron chi connectivity index (χ2n) is 8.18. The van der Waals surface area contributed by atoms with Crippen LogP contribution in [0.25, 0.3) is 10.9 Å². The van der Waals surface area contributed by atoms with Crippen LogP contribution in [0.1, 0.15) is 30.7 Å². The molecule has 0 fully saturated rings. The van der Waals surface area contributed by atoms with Crippen LogP contribution in [0.5, 0.6) is 11.5 Å². The number of fused-ring (bicyclic) bond motifs is 1. The number of nitriles is 1. The molecular formula is C26H24N4O3. The Hall–Kier alpha value is -4.18. The fourth-order valence-corrected chi connectivity index (χ4v) is 4.92. The molecule has 3 N–H and O–H groups in total. The number of nitrogens with one attached hydrogen (secondary N) is 1. The highest BCUT2D eigenvalue weighted by Gasteiger charge is 2.41. The first-order chi connectivity index (χ1) is 16.1. The summed E-state index contributed by atoms with van der Waals surface area (Å²) in [5, 5.41) is 11.2. The minimum Gasteiger partial charge on any atom is -0.497 e. The quantitative estimate of drug-likeness (QED) is 0.619. The van der Waals surface area contributed by atoms with Crippen molar-refractivity contribution in [3.63, 3.8) is 0 Å². The molecule has 7 heteroatoms. The van der Waals surface area contributed by atoms with Crippen molar-refractivity contribution in [1.82, 2.24) is 4.98 Å². The van der Waals surface area contributed by atoms with Crippen molar-refractivity contribution in [3.8, 4) is 17.6 Å². The number of aromatic nitrogens is 1. The van der Waals surface area contributed by atoms with Crippen LogP contribution in [0.3, 0.4) is 0 Å². The highest BCUT2D eigenvalue weighted by atomic mass is 16.5. The molecule has 0 radical (unpaired) electrons. The number of aromatic amines is 1. The topological polar surface area (TPSA) is 104 Å². The lowest BCUT2D eigenvalue weighted by molar-refractivity contribution is -0.116. The van der Waals surface area contributed by atoms with Crippen molar-refractivity contribution in [3.05, 3.63) is 76.9 Å². The Bertz CT molecular complexity index is 1380. The average molecular weight is 441 g/mol. The lowest BCUT2D eigenvalue weighted by Gasteiger charge is -2.40. The second kappa shape index (κ2) is 8.06. The third-order valence-corrected chi connectivity index (χ3v) is 6.45. The minimum absolute atomic E-state index is 0.0492. The molecule has 5 rings (SSSR count). The fourth-order valence-electron chi connectivity index (χ4n) is 4.92. The van der Waals surface area contributed by atoms with E-state index in [2.05, 4.69) is 11.1 Å². The van der Waals surface area contributed by atoms with Gasteiger partial charge in [0.1, 0.15) is 17.3 Å². The van der Waals surface area contributed by atoms with Crippen molar-refractivity contribution in [2.24, 2.45) is 5.73 Å². The Morgan fingerprint density at radius 3 is 2.73 bits per heavy atom. The predicted octanol–water partition coefficient (Wildman–Crippen LogP) is 4.49. The van der Waals surface area contributed by atoms with E-state index in [0.29, 0.717) is 47.0 Å². The number of ether oxygens (including phenoxy) is 2. The fraction of sp³-hybridized carbons (Fsp3) is 0.231. The number of carbonyl (C=O) groups is 1. The van der Waals surface area contributed by atoms with E-state index < -0.39 is 5.92 Å². The van der Waals surface area contributed by atoms with Crippen molar-refractivity contribution in [2.75, 3.05) is 19.1 Å². The molecule has 0 unspecified atom stereocenters. The van der Waals surface area contributed by atoms with Crippen LogP contribution in [-0.2, 0) is 4.79 Å². The van der Waals surface area contributed by atoms with Gasteiger partial charge in [0.15, 0.2) is 5.78 Å². The summed E-state index contributed by atoms with van der Waals surface area (Å²) in [6, 6.07) is 15.7. The SMILES string of the molecule is COc1ccc(N2C(N)=C(C#N)[C@H](c3ccc4[nH]ccc4c3)C3=C2CCCC3=O)c(OC)c1. The van der Waals surface area contributed by atoms with Crippen LogP contribution in [0, 0.1) is 11.3 Å². The van der Waals surface area contributed by atoms with Gasteiger partial charge in [0.2, 0.25) is 0 Å². The van der Waals surface area contributed by atoms with Crippen molar-refractivity contribution in [1.29, 1.82) is 5.26 Å². The van der Waals surface area contributed by atoms with Crippen LogP contribution < -0.4 is 20.1 Å². The van der Waals surface area contributed by atoms with Gasteiger partial charge < -0.3 is 20.2 Å². The van der Waals surface area contributed by atoms with Crippen molar-refractivity contribution in [2.45, 2.75) is 25.2 Å². The molecule has 33 heavy (non-hydrogen) atoms. The maximum Gasteiger partial charge on any atom is 0.161 e. The van der Waals surface area contributed by atoms with Crippen LogP contribution in [-0.4, -0.2) is 25.0 Å². The molecule has 1 atom stereocenters. The number of carbonyl (C=O) groups excluding carboxylic acids is 1. The molecule has 1 aliphatic heterocycles. The number of ketones is 1. The zero-order valence-corrected chi connectivity index (χ0v) is 18.5. The number of methoxy groups -OCH3 is 2. The number of rotatable bonds is 4. The molecule has 0 bridgehead atoms. The van der Waals surface area contributed by atoms with Crippen LogP contribution in [0.4, 0.5) is 5.69 Å². The van der Waals surface area contributed by atoms with E-state index in [1.165, 1.54) is 0 Å². The number of H-pyrrole nitrogens is 1. The van der Waals surface area contributed by atoms with E-state index in [9.17, 15) is 10.1 Å². The maximum atomic E-state index is 13.3. The summed E-state index contributed by atoms with van der Waals surface area (Å²) in [5.74, 6) is 1.05. The number of anilines is 1. The van der Waals surface area contributed by atoms with E-state index in [-0.39, 0.29) is 5.78 Å². The van der Waals surface area contributed by atoms with Gasteiger partial charge >= 0.3 is 0 Å². The van der Waals surface area contributed by atoms with Gasteiger partial charge in [-0.15, -0.1) is 0 Å². The largest absolute Gasteiger partial charge is 0.497 e. The predicted molar refractivity (Wildman–Crippen MR) is 126 cm³/mol. The van der Waals surface area contributed by atoms with Gasteiger partial charge in [-0.1, -0.05) is 6.07 Å². The van der Waals surface area contributed by atoms with Crippen LogP contribution in [0.2, 0.25) is 0 Å². The van der Waals surface area contributed by atoms with E-state index in [4.69, 9.17) is 15.2 Å². The van der Waals surface area contributed by atoms with Crippen molar-refractivity contribution >= 4 is 22.4 Å². The minimum atomic E-state index is -0.502. The number of Topliss-reactive ketones (excluding diaryl/α,β-unsaturated/α-hetero) is 1. The lowest BCUT2D eigenvalue weighted by atomic mass is 9.75. The second-order valence-corrected chi connectivity index (χ2v) is 8.18. The van der Waals surface area contributed by atoms with E-state index >= 15 is 0 Å². The molecule has 7 nitrogen and oxygen atoms in total. The molecule has 2 aliphatic rings. The van der Waals surface area contributed by atoms with Gasteiger partial charge in [-0.05, 0) is 54.1 Å². The number of nitrogens with two attached hydrogens (primary N) is 1. The molecule has 2 heterocycles. The van der Waals surface area contributed by atoms with E-state index in [1.807, 2.05) is 47.5 Å². The first-order valence-electron chi connectivity index (χ1n) is 10.8. The summed E-state index contributed by atoms with van der Waals surface area (Å²) in [4.78, 5) is 18.3. The van der Waals surface area contributed by atoms with Crippen LogP contribution in [0.15, 0.2) is 71.3 Å². The molecule has 0 spiro atoms. The summed E-state index contributed by atoms with van der Waals surface area (Å²) in [6.07, 6.45) is 3.73. The lowest BCUT2D eigenvalue weighted by Crippen LogP contribution is -2.38. The Labute approximate surface area is 191 Å². The smallest absolute Gasteiger partial charge is 0.161 e. The summed E-state index contributed by atoms with van der Waals surface area (Å²) in [6.45, 7) is 0. The van der Waals surface area contributed by atoms with Gasteiger partial charge in [-0.25, -0.2) is 0 Å². The van der Waals surface area contributed by atoms with Gasteiger partial charge in [-0.2, -0.15) is 5.26 Å². The van der Waals surface area contributed by atoms with Gasteiger partial charge in [-0.3, -0.25) is 9.69 Å². The summed E-state index contributed by atoms with van der Waals surface area (Å²) >= 11 is 0. The molecular weight excluding hydrogens is 416 g/mol. The van der Waals surface area contributed by atoms with E-state index in [0.717, 1.165) is 28.6 Å². The number of benzene rings is 2. The molecule has 3 aromatic rings. The molecule has 1 aromatic heterocycles. The van der Waals surface area contributed by atoms with Gasteiger partial charge in [0, 0.05) is 35.5 Å². The molecule has 1 aliphatic carbocycles. The Kier molecular flexibility index (Phi) is 5.06. The number of hydrogen-bond acceptors (Lipinski definition) is 6. The Balaban J connectivity index is 1.75. The third kappa shape index (κ3) is 3.23. The van der Waals surface area contributed by atoms with E-state index in [1.54, 1.807) is 20.3 Å². The molecule has 2 aromatic carbocycles. The number of hydrogen-bond donors (Lipinski definition) is 2. The molecule has 166 valence electrons. The standard InChI is InChI=1S/C26H24N4O3/c1-32-17-7-9-20(23(13-17)33-2)30-21-4-3-5-22(31)25(21)24(18(14-27)26(30)28)16-6-8-19-15(12-16)10-11-29-19/h6-13,24,29H,3-5,28H2,1-2H3/t24-/m0/s1. The van der Waals surface area contributed by atoms with Crippen LogP contribution >= 0.6 is 0 Å². The van der Waals surface area contributed by atoms with Crippen molar-refractivity contribution < 1.29 is 14.3 Å². The first-order valence-corrected chi connectivity index (χ1v) is 10.8. The summed E-state index contributed by atoms with van der Waals surface area (Å²) < 4.78 is 11.0. The number of allylic oxidation sites excluding steroid dienone is 3.